The highest BCUT2D eigenvalue weighted by atomic mass is 32.2. The van der Waals surface area contributed by atoms with Crippen molar-refractivity contribution in [3.63, 3.8) is 0 Å². The van der Waals surface area contributed by atoms with Gasteiger partial charge in [-0.25, -0.2) is 9.78 Å². The predicted molar refractivity (Wildman–Crippen MR) is 145 cm³/mol. The highest BCUT2D eigenvalue weighted by Crippen LogP contribution is 2.41. The van der Waals surface area contributed by atoms with Gasteiger partial charge in [0.2, 0.25) is 5.65 Å². The second-order valence-corrected chi connectivity index (χ2v) is 11.5. The Morgan fingerprint density at radius 1 is 1.34 bits per heavy atom. The van der Waals surface area contributed by atoms with Crippen LogP contribution in [0.5, 0.6) is 0 Å². The first-order valence-electron chi connectivity index (χ1n) is 11.6. The summed E-state index contributed by atoms with van der Waals surface area (Å²) < 4.78 is 1.19. The maximum atomic E-state index is 13.1. The van der Waals surface area contributed by atoms with Crippen LogP contribution in [0.3, 0.4) is 0 Å². The maximum absolute atomic E-state index is 13.1. The monoisotopic (exact) mass is 620 g/mol. The average molecular weight is 621 g/mol. The van der Waals surface area contributed by atoms with Gasteiger partial charge in [0.25, 0.3) is 11.8 Å². The maximum Gasteiger partial charge on any atom is 0.352 e. The van der Waals surface area contributed by atoms with Crippen LogP contribution >= 0.6 is 34.9 Å². The zero-order valence-corrected chi connectivity index (χ0v) is 23.4. The molecule has 5 rings (SSSR count). The lowest BCUT2D eigenvalue weighted by Crippen LogP contribution is -2.71. The molecular weight excluding hydrogens is 600 g/mol. The molecule has 0 aliphatic carbocycles. The van der Waals surface area contributed by atoms with E-state index in [9.17, 15) is 24.3 Å². The van der Waals surface area contributed by atoms with Crippen molar-refractivity contribution in [1.29, 1.82) is 0 Å². The number of anilines is 1. The number of hydrogen-bond donors (Lipinski definition) is 4. The average Bonchev–Trinajstić information content (AvgIpc) is 3.60. The zero-order valence-electron chi connectivity index (χ0n) is 21.0. The fraction of sp³-hybridized carbons (Fsp3) is 0.333. The van der Waals surface area contributed by atoms with Gasteiger partial charge in [-0.1, -0.05) is 5.16 Å². The van der Waals surface area contributed by atoms with Gasteiger partial charge in [-0.05, 0) is 28.5 Å². The number of rotatable bonds is 11. The van der Waals surface area contributed by atoms with E-state index in [1.54, 1.807) is 6.07 Å². The van der Waals surface area contributed by atoms with Crippen LogP contribution in [0.25, 0.3) is 5.65 Å². The zero-order chi connectivity index (χ0) is 29.3. The first kappa shape index (κ1) is 28.2. The standard InChI is InChI=1S/C21H20N10O7S3/c1-38-27-13(10-7-41-21(22)23-10)17(34)24-14-18(35)30-15(20(36)37)9(6-40-19(14)30)5-39-11-4-8(2-3-12(32)33)16-25-28-29-31(16)26-11/h4,7,14,19H,2-3,5-6H2,1H3,(H2,22,23)(H,24,34)(H,32,33)(H,36,37)/t14?,19-/m0/s1. The third kappa shape index (κ3) is 5.65. The molecule has 3 aromatic rings. The number of thioether (sulfide) groups is 2. The third-order valence-corrected chi connectivity index (χ3v) is 8.93. The topological polar surface area (TPSA) is 240 Å². The molecule has 1 unspecified atom stereocenters. The molecule has 0 spiro atoms. The predicted octanol–water partition coefficient (Wildman–Crippen LogP) is -0.543. The lowest BCUT2D eigenvalue weighted by Gasteiger charge is -2.49. The molecule has 5 heterocycles. The number of hydrogen-bond acceptors (Lipinski definition) is 15. The van der Waals surface area contributed by atoms with Gasteiger partial charge in [-0.2, -0.15) is 0 Å². The van der Waals surface area contributed by atoms with Gasteiger partial charge in [-0.15, -0.1) is 49.7 Å². The Labute approximate surface area is 242 Å². The van der Waals surface area contributed by atoms with Crippen LogP contribution in [0.2, 0.25) is 0 Å². The number of thiazole rings is 1. The summed E-state index contributed by atoms with van der Waals surface area (Å²) in [4.78, 5) is 59.2. The number of nitrogens with one attached hydrogen (secondary N) is 1. The summed E-state index contributed by atoms with van der Waals surface area (Å²) in [6, 6.07) is 0.670. The Kier molecular flexibility index (Phi) is 8.03. The van der Waals surface area contributed by atoms with Gasteiger partial charge >= 0.3 is 11.9 Å². The van der Waals surface area contributed by atoms with Crippen LogP contribution in [0.15, 0.2) is 32.9 Å². The van der Waals surface area contributed by atoms with Crippen molar-refractivity contribution < 1.29 is 34.2 Å². The minimum Gasteiger partial charge on any atom is -0.481 e. The molecule has 2 atom stereocenters. The number of aromatic nitrogens is 6. The molecule has 0 aromatic carbocycles. The number of carboxylic acids is 2. The summed E-state index contributed by atoms with van der Waals surface area (Å²) in [5.41, 5.74) is 6.87. The van der Waals surface area contributed by atoms with Crippen LogP contribution in [0.1, 0.15) is 17.7 Å². The van der Waals surface area contributed by atoms with Gasteiger partial charge in [0.1, 0.15) is 34.9 Å². The Hall–Kier alpha value is -4.30. The van der Waals surface area contributed by atoms with Gasteiger partial charge in [0.05, 0.1) is 0 Å². The fourth-order valence-corrected chi connectivity index (χ4v) is 7.08. The fourth-order valence-electron chi connectivity index (χ4n) is 4.13. The molecule has 214 valence electrons. The lowest BCUT2D eigenvalue weighted by molar-refractivity contribution is -0.150. The largest absolute Gasteiger partial charge is 0.481 e. The first-order valence-corrected chi connectivity index (χ1v) is 14.6. The summed E-state index contributed by atoms with van der Waals surface area (Å²) in [7, 11) is 1.26. The number of amides is 2. The van der Waals surface area contributed by atoms with E-state index in [1.807, 2.05) is 0 Å². The van der Waals surface area contributed by atoms with Crippen LogP contribution in [0.4, 0.5) is 5.13 Å². The number of tetrazole rings is 1. The third-order valence-electron chi connectivity index (χ3n) is 5.93. The summed E-state index contributed by atoms with van der Waals surface area (Å²) in [5.74, 6) is -3.12. The Morgan fingerprint density at radius 2 is 2.15 bits per heavy atom. The second-order valence-electron chi connectivity index (χ2n) is 8.49. The highest BCUT2D eigenvalue weighted by Gasteiger charge is 2.54. The van der Waals surface area contributed by atoms with Gasteiger partial charge in [0, 0.05) is 28.9 Å². The molecule has 17 nitrogen and oxygen atoms in total. The van der Waals surface area contributed by atoms with E-state index in [4.69, 9.17) is 15.7 Å². The van der Waals surface area contributed by atoms with E-state index in [0.717, 1.165) is 16.2 Å². The summed E-state index contributed by atoms with van der Waals surface area (Å²) in [5, 5.41) is 42.4. The number of nitrogens with two attached hydrogens (primary N) is 1. The molecule has 1 fully saturated rings. The molecule has 0 saturated carbocycles. The molecule has 20 heteroatoms. The van der Waals surface area contributed by atoms with E-state index in [-0.39, 0.29) is 46.6 Å². The number of carboxylic acid groups (broad SMARTS) is 2. The van der Waals surface area contributed by atoms with E-state index >= 15 is 0 Å². The minimum absolute atomic E-state index is 0.131. The van der Waals surface area contributed by atoms with Crippen molar-refractivity contribution in [2.45, 2.75) is 29.3 Å². The minimum atomic E-state index is -1.28. The van der Waals surface area contributed by atoms with Crippen molar-refractivity contribution in [3.8, 4) is 0 Å². The number of nitrogen functional groups attached to an aromatic ring is 1. The van der Waals surface area contributed by atoms with E-state index < -0.39 is 35.2 Å². The quantitative estimate of drug-likeness (QED) is 0.0910. The van der Waals surface area contributed by atoms with E-state index in [0.29, 0.717) is 21.8 Å². The molecule has 41 heavy (non-hydrogen) atoms. The Balaban J connectivity index is 1.31. The van der Waals surface area contributed by atoms with E-state index in [2.05, 4.69) is 36.1 Å². The summed E-state index contributed by atoms with van der Waals surface area (Å²) in [6.45, 7) is 0. The van der Waals surface area contributed by atoms with Crippen LogP contribution < -0.4 is 11.1 Å². The number of carbonyl (C=O) groups is 4. The van der Waals surface area contributed by atoms with Crippen molar-refractivity contribution >= 4 is 75.1 Å². The number of carbonyl (C=O) groups excluding carboxylic acids is 2. The number of β-lactam (4-membered cyclic amide) rings is 1. The Morgan fingerprint density at radius 3 is 2.83 bits per heavy atom. The SMILES string of the molecule is CON=C(C(=O)NC1C(=O)N2C(C(=O)O)=C(CSc3cc(CCC(=O)O)c4nnnn4n3)CS[C@@H]12)c1csc(N)n1. The molecule has 5 N–H and O–H groups in total. The molecule has 0 bridgehead atoms. The lowest BCUT2D eigenvalue weighted by atomic mass is 10.0. The highest BCUT2D eigenvalue weighted by molar-refractivity contribution is 8.01. The molecule has 2 aliphatic rings. The smallest absolute Gasteiger partial charge is 0.352 e. The number of aliphatic carboxylic acids is 2. The number of oxime groups is 1. The Bertz CT molecular complexity index is 1620. The van der Waals surface area contributed by atoms with Gasteiger partial charge in [-0.3, -0.25) is 19.3 Å². The molecule has 2 amide bonds. The molecule has 3 aromatic heterocycles. The van der Waals surface area contributed by atoms with Crippen molar-refractivity contribution in [2.75, 3.05) is 24.3 Å². The van der Waals surface area contributed by atoms with Crippen molar-refractivity contribution in [2.24, 2.45) is 5.16 Å². The number of aryl methyl sites for hydroxylation is 1. The van der Waals surface area contributed by atoms with Gasteiger partial charge < -0.3 is 26.1 Å². The number of fused-ring (bicyclic) bond motifs is 2. The van der Waals surface area contributed by atoms with Crippen LogP contribution in [-0.4, -0.2) is 105 Å². The van der Waals surface area contributed by atoms with Crippen LogP contribution in [0, 0.1) is 0 Å². The number of nitrogens with zero attached hydrogens (tertiary/aromatic N) is 8. The van der Waals surface area contributed by atoms with Gasteiger partial charge in [0.15, 0.2) is 10.8 Å². The normalized spacial score (nSPS) is 18.7. The van der Waals surface area contributed by atoms with Crippen LogP contribution in [-0.2, 0) is 30.4 Å². The molecule has 1 saturated heterocycles. The molecular formula is C21H20N10O7S3. The van der Waals surface area contributed by atoms with Crippen molar-refractivity contribution in [3.05, 3.63) is 34.0 Å². The molecule has 2 aliphatic heterocycles. The summed E-state index contributed by atoms with van der Waals surface area (Å²) >= 11 is 3.61. The summed E-state index contributed by atoms with van der Waals surface area (Å²) in [6.07, 6.45) is 0.0480. The molecule has 0 radical (unpaired) electrons. The first-order chi connectivity index (χ1) is 19.7. The van der Waals surface area contributed by atoms with Crippen molar-refractivity contribution in [1.82, 2.24) is 40.5 Å². The van der Waals surface area contributed by atoms with E-state index in [1.165, 1.54) is 40.6 Å². The second kappa shape index (κ2) is 11.7.